The maximum absolute atomic E-state index is 12.0. The Labute approximate surface area is 137 Å². The molecule has 0 radical (unpaired) electrons. The van der Waals surface area contributed by atoms with E-state index in [1.54, 1.807) is 0 Å². The van der Waals surface area contributed by atoms with Crippen molar-refractivity contribution in [3.8, 4) is 0 Å². The molecule has 6 atom stereocenters. The predicted molar refractivity (Wildman–Crippen MR) is 75.4 cm³/mol. The van der Waals surface area contributed by atoms with Gasteiger partial charge in [-0.2, -0.15) is 0 Å². The Kier molecular flexibility index (Phi) is 7.48. The summed E-state index contributed by atoms with van der Waals surface area (Å²) >= 11 is 0. The third-order valence-corrected chi connectivity index (χ3v) is 3.79. The standard InChI is InChI=1S/C13H23NO10/c1-22-12(21)13(23-2)3-6(17)9(14-8(19)5-16)11(24-13)10(20)7(18)4-15/h6-7,9-11,15-18,20H,3-5H2,1-2H3,(H,14,19)/t6-,7+,9+,10+,11+,13-/m0/s1. The second kappa shape index (κ2) is 8.67. The van der Waals surface area contributed by atoms with Crippen LogP contribution in [-0.2, 0) is 23.8 Å². The third kappa shape index (κ3) is 4.19. The summed E-state index contributed by atoms with van der Waals surface area (Å²) < 4.78 is 15.0. The molecule has 1 heterocycles. The minimum absolute atomic E-state index is 0.439. The van der Waals surface area contributed by atoms with Crippen LogP contribution < -0.4 is 5.32 Å². The van der Waals surface area contributed by atoms with Gasteiger partial charge >= 0.3 is 5.97 Å². The minimum atomic E-state index is -2.07. The zero-order valence-corrected chi connectivity index (χ0v) is 13.3. The van der Waals surface area contributed by atoms with Crippen LogP contribution in [0.15, 0.2) is 0 Å². The highest BCUT2D eigenvalue weighted by atomic mass is 16.7. The van der Waals surface area contributed by atoms with Gasteiger partial charge in [-0.3, -0.25) is 4.79 Å². The van der Waals surface area contributed by atoms with Gasteiger partial charge in [0.05, 0.1) is 25.9 Å². The quantitative estimate of drug-likeness (QED) is 0.246. The molecule has 1 fully saturated rings. The summed E-state index contributed by atoms with van der Waals surface area (Å²) in [4.78, 5) is 23.4. The Balaban J connectivity index is 3.18. The van der Waals surface area contributed by atoms with Crippen LogP contribution in [-0.4, -0.2) is 101 Å². The molecule has 0 unspecified atom stereocenters. The Hall–Kier alpha value is -1.34. The fourth-order valence-corrected chi connectivity index (χ4v) is 2.48. The van der Waals surface area contributed by atoms with Gasteiger partial charge in [-0.15, -0.1) is 0 Å². The number of esters is 1. The van der Waals surface area contributed by atoms with E-state index in [4.69, 9.17) is 19.7 Å². The predicted octanol–water partition coefficient (Wildman–Crippen LogP) is -4.16. The first-order valence-electron chi connectivity index (χ1n) is 7.13. The third-order valence-electron chi connectivity index (χ3n) is 3.79. The number of methoxy groups -OCH3 is 2. The lowest BCUT2D eigenvalue weighted by atomic mass is 9.88. The maximum atomic E-state index is 12.0. The van der Waals surface area contributed by atoms with E-state index in [9.17, 15) is 24.9 Å². The summed E-state index contributed by atoms with van der Waals surface area (Å²) in [6.07, 6.45) is -6.89. The van der Waals surface area contributed by atoms with Crippen LogP contribution in [0.5, 0.6) is 0 Å². The summed E-state index contributed by atoms with van der Waals surface area (Å²) in [5.41, 5.74) is 0. The number of carbonyl (C=O) groups is 2. The Bertz CT molecular complexity index is 446. The summed E-state index contributed by atoms with van der Waals surface area (Å²) in [6, 6.07) is -1.28. The summed E-state index contributed by atoms with van der Waals surface area (Å²) in [5, 5.41) is 50.1. The van der Waals surface area contributed by atoms with Gasteiger partial charge in [0.2, 0.25) is 5.91 Å². The minimum Gasteiger partial charge on any atom is -0.465 e. The van der Waals surface area contributed by atoms with Gasteiger partial charge in [0.25, 0.3) is 5.79 Å². The molecule has 6 N–H and O–H groups in total. The lowest BCUT2D eigenvalue weighted by Crippen LogP contribution is -2.68. The fourth-order valence-electron chi connectivity index (χ4n) is 2.48. The number of carbonyl (C=O) groups excluding carboxylic acids is 2. The molecule has 11 heteroatoms. The van der Waals surface area contributed by atoms with E-state index in [1.165, 1.54) is 0 Å². The molecular weight excluding hydrogens is 330 g/mol. The molecule has 0 aliphatic carbocycles. The zero-order chi connectivity index (χ0) is 18.5. The monoisotopic (exact) mass is 353 g/mol. The normalized spacial score (nSPS) is 32.7. The van der Waals surface area contributed by atoms with Crippen LogP contribution in [0.4, 0.5) is 0 Å². The zero-order valence-electron chi connectivity index (χ0n) is 13.3. The number of nitrogens with one attached hydrogen (secondary N) is 1. The molecule has 1 aliphatic heterocycles. The van der Waals surface area contributed by atoms with Crippen LogP contribution in [0.25, 0.3) is 0 Å². The van der Waals surface area contributed by atoms with E-state index in [2.05, 4.69) is 10.1 Å². The molecule has 0 aromatic rings. The highest BCUT2D eigenvalue weighted by Gasteiger charge is 2.55. The number of rotatable bonds is 7. The van der Waals surface area contributed by atoms with E-state index >= 15 is 0 Å². The van der Waals surface area contributed by atoms with Crippen molar-refractivity contribution in [1.82, 2.24) is 5.32 Å². The molecule has 0 bridgehead atoms. The first-order valence-corrected chi connectivity index (χ1v) is 7.13. The molecule has 24 heavy (non-hydrogen) atoms. The molecule has 1 aliphatic rings. The van der Waals surface area contributed by atoms with Crippen molar-refractivity contribution in [3.63, 3.8) is 0 Å². The van der Waals surface area contributed by atoms with Crippen molar-refractivity contribution in [2.45, 2.75) is 42.7 Å². The van der Waals surface area contributed by atoms with Crippen LogP contribution in [0, 0.1) is 0 Å². The van der Waals surface area contributed by atoms with E-state index in [1.807, 2.05) is 0 Å². The van der Waals surface area contributed by atoms with Crippen molar-refractivity contribution in [3.05, 3.63) is 0 Å². The molecule has 0 saturated carbocycles. The summed E-state index contributed by atoms with van der Waals surface area (Å²) in [5.74, 6) is -3.94. The number of hydrogen-bond donors (Lipinski definition) is 6. The van der Waals surface area contributed by atoms with Crippen LogP contribution >= 0.6 is 0 Å². The average Bonchev–Trinajstić information content (AvgIpc) is 2.60. The molecule has 0 aromatic carbocycles. The lowest BCUT2D eigenvalue weighted by Gasteiger charge is -2.46. The van der Waals surface area contributed by atoms with Gasteiger partial charge in [0.15, 0.2) is 0 Å². The van der Waals surface area contributed by atoms with Crippen LogP contribution in [0.3, 0.4) is 0 Å². The Morgan fingerprint density at radius 1 is 1.33 bits per heavy atom. The number of hydrogen-bond acceptors (Lipinski definition) is 10. The molecular formula is C13H23NO10. The largest absolute Gasteiger partial charge is 0.465 e. The number of ether oxygens (including phenoxy) is 3. The van der Waals surface area contributed by atoms with E-state index in [0.717, 1.165) is 14.2 Å². The summed E-state index contributed by atoms with van der Waals surface area (Å²) in [6.45, 7) is -1.73. The highest BCUT2D eigenvalue weighted by molar-refractivity contribution is 5.79. The molecule has 0 aromatic heterocycles. The molecule has 1 saturated heterocycles. The van der Waals surface area contributed by atoms with Crippen molar-refractivity contribution < 1.29 is 49.3 Å². The van der Waals surface area contributed by atoms with Gasteiger partial charge in [-0.05, 0) is 0 Å². The Morgan fingerprint density at radius 3 is 2.42 bits per heavy atom. The van der Waals surface area contributed by atoms with Gasteiger partial charge < -0.3 is 45.1 Å². The van der Waals surface area contributed by atoms with Crippen LogP contribution in [0.2, 0.25) is 0 Å². The van der Waals surface area contributed by atoms with E-state index < -0.39 is 67.8 Å². The molecule has 11 nitrogen and oxygen atoms in total. The van der Waals surface area contributed by atoms with E-state index in [-0.39, 0.29) is 0 Å². The molecule has 1 rings (SSSR count). The first kappa shape index (κ1) is 20.7. The van der Waals surface area contributed by atoms with Crippen LogP contribution in [0.1, 0.15) is 6.42 Å². The van der Waals surface area contributed by atoms with Crippen molar-refractivity contribution in [2.75, 3.05) is 27.4 Å². The number of amides is 1. The van der Waals surface area contributed by atoms with E-state index in [0.29, 0.717) is 0 Å². The van der Waals surface area contributed by atoms with Gasteiger partial charge in [0.1, 0.15) is 24.9 Å². The van der Waals surface area contributed by atoms with Crippen molar-refractivity contribution >= 4 is 11.9 Å². The molecule has 0 spiro atoms. The SMILES string of the molecule is COC(=O)[C@]1(OC)C[C@H](O)[C@@H](NC(=O)CO)[C@H]([C@H](O)[C@H](O)CO)O1. The van der Waals surface area contributed by atoms with Gasteiger partial charge in [-0.1, -0.05) is 0 Å². The van der Waals surface area contributed by atoms with Crippen molar-refractivity contribution in [1.29, 1.82) is 0 Å². The first-order chi connectivity index (χ1) is 11.3. The second-order valence-electron chi connectivity index (χ2n) is 5.29. The lowest BCUT2D eigenvalue weighted by molar-refractivity contribution is -0.305. The van der Waals surface area contributed by atoms with Gasteiger partial charge in [0, 0.05) is 13.5 Å². The fraction of sp³-hybridized carbons (Fsp3) is 0.846. The van der Waals surface area contributed by atoms with Crippen molar-refractivity contribution in [2.24, 2.45) is 0 Å². The average molecular weight is 353 g/mol. The highest BCUT2D eigenvalue weighted by Crippen LogP contribution is 2.33. The maximum Gasteiger partial charge on any atom is 0.366 e. The van der Waals surface area contributed by atoms with Gasteiger partial charge in [-0.25, -0.2) is 4.79 Å². The smallest absolute Gasteiger partial charge is 0.366 e. The Morgan fingerprint density at radius 2 is 1.96 bits per heavy atom. The number of aliphatic hydroxyl groups is 5. The summed E-state index contributed by atoms with van der Waals surface area (Å²) in [7, 11) is 2.18. The number of aliphatic hydroxyl groups excluding tert-OH is 5. The second-order valence-corrected chi connectivity index (χ2v) is 5.29. The topological polar surface area (TPSA) is 175 Å². The molecule has 140 valence electrons. The molecule has 1 amide bonds.